The fraction of sp³-hybridized carbons (Fsp3) is 0.310. The average Bonchev–Trinajstić information content (AvgIpc) is 3.27. The van der Waals surface area contributed by atoms with Gasteiger partial charge in [-0.05, 0) is 48.6 Å². The van der Waals surface area contributed by atoms with Crippen molar-refractivity contribution >= 4 is 0 Å². The molecule has 4 nitrogen and oxygen atoms in total. The van der Waals surface area contributed by atoms with E-state index < -0.39 is 23.6 Å². The fourth-order valence-corrected chi connectivity index (χ4v) is 5.10. The Morgan fingerprint density at radius 1 is 0.788 bits per heavy atom. The highest BCUT2D eigenvalue weighted by molar-refractivity contribution is 5.47. The van der Waals surface area contributed by atoms with E-state index in [0.29, 0.717) is 6.61 Å². The van der Waals surface area contributed by atoms with Crippen molar-refractivity contribution in [1.82, 2.24) is 0 Å². The van der Waals surface area contributed by atoms with Crippen molar-refractivity contribution in [3.63, 3.8) is 0 Å². The minimum absolute atomic E-state index is 0.308. The van der Waals surface area contributed by atoms with Gasteiger partial charge in [-0.1, -0.05) is 91.0 Å². The Morgan fingerprint density at radius 2 is 1.24 bits per heavy atom. The van der Waals surface area contributed by atoms with Crippen molar-refractivity contribution in [3.8, 4) is 0 Å². The average molecular weight is 443 g/mol. The van der Waals surface area contributed by atoms with Crippen LogP contribution in [0.15, 0.2) is 102 Å². The molecule has 0 aromatic heterocycles. The van der Waals surface area contributed by atoms with Gasteiger partial charge >= 0.3 is 0 Å². The smallest absolute Gasteiger partial charge is 0.164 e. The molecular formula is C29H30O4. The molecule has 1 heterocycles. The Bertz CT molecular complexity index is 1030. The summed E-state index contributed by atoms with van der Waals surface area (Å²) in [5.41, 5.74) is 4.11. The highest BCUT2D eigenvalue weighted by Crippen LogP contribution is 2.45. The van der Waals surface area contributed by atoms with Crippen LogP contribution in [0.3, 0.4) is 0 Å². The van der Waals surface area contributed by atoms with E-state index in [1.165, 1.54) is 0 Å². The third-order valence-electron chi connectivity index (χ3n) is 6.72. The maximum atomic E-state index is 10.8. The van der Waals surface area contributed by atoms with Gasteiger partial charge in [0.05, 0.1) is 6.61 Å². The Morgan fingerprint density at radius 3 is 1.70 bits per heavy atom. The van der Waals surface area contributed by atoms with Gasteiger partial charge in [-0.3, -0.25) is 0 Å². The number of aliphatic hydroxyl groups is 1. The maximum Gasteiger partial charge on any atom is 0.164 e. The van der Waals surface area contributed by atoms with Crippen molar-refractivity contribution in [2.45, 2.75) is 50.5 Å². The second kappa shape index (κ2) is 8.54. The van der Waals surface area contributed by atoms with Gasteiger partial charge in [0, 0.05) is 0 Å². The SMILES string of the molecule is CC1=C(COC(c2ccccc2)(c2ccccc2)c2ccccc2)C2OC(C)(C)OC2C1O. The molecule has 0 saturated carbocycles. The quantitative estimate of drug-likeness (QED) is 0.421. The van der Waals surface area contributed by atoms with Crippen LogP contribution in [0.2, 0.25) is 0 Å². The monoisotopic (exact) mass is 442 g/mol. The summed E-state index contributed by atoms with van der Waals surface area (Å²) < 4.78 is 19.2. The van der Waals surface area contributed by atoms with Crippen LogP contribution in [-0.4, -0.2) is 35.8 Å². The molecular weight excluding hydrogens is 412 g/mol. The zero-order valence-electron chi connectivity index (χ0n) is 19.3. The maximum absolute atomic E-state index is 10.8. The predicted molar refractivity (Wildman–Crippen MR) is 128 cm³/mol. The number of aliphatic hydroxyl groups excluding tert-OH is 1. The fourth-order valence-electron chi connectivity index (χ4n) is 5.10. The van der Waals surface area contributed by atoms with Crippen LogP contribution in [0.4, 0.5) is 0 Å². The lowest BCUT2D eigenvalue weighted by Gasteiger charge is -2.36. The van der Waals surface area contributed by atoms with E-state index in [1.54, 1.807) is 0 Å². The molecule has 0 amide bonds. The summed E-state index contributed by atoms with van der Waals surface area (Å²) in [7, 11) is 0. The number of benzene rings is 3. The zero-order chi connectivity index (χ0) is 23.1. The van der Waals surface area contributed by atoms with Crippen molar-refractivity contribution in [2.75, 3.05) is 6.61 Å². The molecule has 2 aliphatic rings. The molecule has 0 bridgehead atoms. The first-order valence-electron chi connectivity index (χ1n) is 11.5. The summed E-state index contributed by atoms with van der Waals surface area (Å²) in [5, 5.41) is 10.8. The van der Waals surface area contributed by atoms with Crippen molar-refractivity contribution in [1.29, 1.82) is 0 Å². The molecule has 3 aromatic carbocycles. The minimum atomic E-state index is -0.824. The van der Waals surface area contributed by atoms with Gasteiger partial charge in [0.15, 0.2) is 5.79 Å². The molecule has 1 aliphatic heterocycles. The van der Waals surface area contributed by atoms with Crippen molar-refractivity contribution in [3.05, 3.63) is 119 Å². The van der Waals surface area contributed by atoms with E-state index in [9.17, 15) is 5.11 Å². The van der Waals surface area contributed by atoms with E-state index in [0.717, 1.165) is 27.8 Å². The first kappa shape index (κ1) is 22.1. The Hall–Kier alpha value is -2.76. The zero-order valence-corrected chi connectivity index (χ0v) is 19.3. The number of rotatable bonds is 6. The summed E-state index contributed by atoms with van der Waals surface area (Å²) in [6.45, 7) is 6.01. The van der Waals surface area contributed by atoms with Gasteiger partial charge < -0.3 is 19.3 Å². The lowest BCUT2D eigenvalue weighted by atomic mass is 9.80. The third-order valence-corrected chi connectivity index (χ3v) is 6.72. The third kappa shape index (κ3) is 3.83. The van der Waals surface area contributed by atoms with Gasteiger partial charge in [-0.15, -0.1) is 0 Å². The first-order valence-corrected chi connectivity index (χ1v) is 11.5. The molecule has 5 rings (SSSR count). The number of hydrogen-bond donors (Lipinski definition) is 1. The molecule has 3 aromatic rings. The van der Waals surface area contributed by atoms with Crippen LogP contribution in [0.5, 0.6) is 0 Å². The Kier molecular flexibility index (Phi) is 5.71. The summed E-state index contributed by atoms with van der Waals surface area (Å²) in [6.07, 6.45) is -1.43. The summed E-state index contributed by atoms with van der Waals surface area (Å²) >= 11 is 0. The van der Waals surface area contributed by atoms with Gasteiger partial charge in [0.25, 0.3) is 0 Å². The Labute approximate surface area is 195 Å². The number of hydrogen-bond acceptors (Lipinski definition) is 4. The molecule has 33 heavy (non-hydrogen) atoms. The molecule has 0 spiro atoms. The minimum Gasteiger partial charge on any atom is -0.386 e. The molecule has 3 atom stereocenters. The largest absolute Gasteiger partial charge is 0.386 e. The van der Waals surface area contributed by atoms with Crippen LogP contribution < -0.4 is 0 Å². The summed E-state index contributed by atoms with van der Waals surface area (Å²) in [4.78, 5) is 0. The number of fused-ring (bicyclic) bond motifs is 1. The first-order chi connectivity index (χ1) is 15.9. The van der Waals surface area contributed by atoms with Crippen LogP contribution >= 0.6 is 0 Å². The lowest BCUT2D eigenvalue weighted by Crippen LogP contribution is -2.35. The molecule has 3 unspecified atom stereocenters. The second-order valence-electron chi connectivity index (χ2n) is 9.24. The number of ether oxygens (including phenoxy) is 3. The van der Waals surface area contributed by atoms with Crippen molar-refractivity contribution < 1.29 is 19.3 Å². The highest BCUT2D eigenvalue weighted by Gasteiger charge is 2.52. The van der Waals surface area contributed by atoms with Crippen molar-refractivity contribution in [2.24, 2.45) is 0 Å². The van der Waals surface area contributed by atoms with E-state index in [1.807, 2.05) is 75.4 Å². The van der Waals surface area contributed by atoms with E-state index >= 15 is 0 Å². The summed E-state index contributed by atoms with van der Waals surface area (Å²) in [5.74, 6) is -0.738. The molecule has 1 aliphatic carbocycles. The molecule has 1 N–H and O–H groups in total. The van der Waals surface area contributed by atoms with Gasteiger partial charge in [0.1, 0.15) is 23.9 Å². The standard InChI is InChI=1S/C29H30O4/c1-20-24(26-27(25(20)30)33-28(2,3)32-26)19-31-29(21-13-7-4-8-14-21,22-15-9-5-10-16-22)23-17-11-6-12-18-23/h4-18,25-27,30H,19H2,1-3H3. The van der Waals surface area contributed by atoms with Gasteiger partial charge in [0.2, 0.25) is 0 Å². The van der Waals surface area contributed by atoms with E-state index in [-0.39, 0.29) is 6.10 Å². The predicted octanol–water partition coefficient (Wildman–Crippen LogP) is 5.21. The van der Waals surface area contributed by atoms with Gasteiger partial charge in [-0.2, -0.15) is 0 Å². The molecule has 4 heteroatoms. The van der Waals surface area contributed by atoms with Crippen LogP contribution in [0.1, 0.15) is 37.5 Å². The second-order valence-corrected chi connectivity index (χ2v) is 9.24. The molecule has 1 fully saturated rings. The van der Waals surface area contributed by atoms with Crippen LogP contribution in [0, 0.1) is 0 Å². The van der Waals surface area contributed by atoms with E-state index in [2.05, 4.69) is 36.4 Å². The topological polar surface area (TPSA) is 47.9 Å². The van der Waals surface area contributed by atoms with E-state index in [4.69, 9.17) is 14.2 Å². The summed E-state index contributed by atoms with van der Waals surface area (Å²) in [6, 6.07) is 30.9. The Balaban J connectivity index is 1.60. The molecule has 1 saturated heterocycles. The molecule has 0 radical (unpaired) electrons. The lowest BCUT2D eigenvalue weighted by molar-refractivity contribution is -0.154. The van der Waals surface area contributed by atoms with Gasteiger partial charge in [-0.25, -0.2) is 0 Å². The van der Waals surface area contributed by atoms with Crippen LogP contribution in [0.25, 0.3) is 0 Å². The highest BCUT2D eigenvalue weighted by atomic mass is 16.8. The van der Waals surface area contributed by atoms with Crippen LogP contribution in [-0.2, 0) is 19.8 Å². The normalized spacial score (nSPS) is 24.2. The molecule has 170 valence electrons.